The topological polar surface area (TPSA) is 83.8 Å². The van der Waals surface area contributed by atoms with Crippen molar-refractivity contribution in [2.75, 3.05) is 19.5 Å². The number of amides is 3. The first-order valence-electron chi connectivity index (χ1n) is 10.1. The van der Waals surface area contributed by atoms with Crippen molar-refractivity contribution < 1.29 is 18.7 Å². The number of nitrogens with one attached hydrogen (secondary N) is 2. The highest BCUT2D eigenvalue weighted by Crippen LogP contribution is 2.47. The number of hydrogen-bond donors (Lipinski definition) is 2. The minimum atomic E-state index is -0.224. The van der Waals surface area contributed by atoms with E-state index in [9.17, 15) is 9.59 Å². The average Bonchev–Trinajstić information content (AvgIpc) is 3.65. The van der Waals surface area contributed by atoms with Crippen LogP contribution < -0.4 is 15.4 Å². The van der Waals surface area contributed by atoms with E-state index < -0.39 is 0 Å². The Kier molecular flexibility index (Phi) is 5.22. The van der Waals surface area contributed by atoms with Crippen molar-refractivity contribution in [1.29, 1.82) is 0 Å². The molecule has 2 unspecified atom stereocenters. The minimum Gasteiger partial charge on any atom is -0.495 e. The van der Waals surface area contributed by atoms with E-state index in [1.165, 1.54) is 13.5 Å². The summed E-state index contributed by atoms with van der Waals surface area (Å²) in [6.07, 6.45) is 3.13. The molecule has 2 saturated carbocycles. The van der Waals surface area contributed by atoms with Crippen LogP contribution in [0.3, 0.4) is 0 Å². The highest BCUT2D eigenvalue weighted by atomic mass is 16.5. The van der Waals surface area contributed by atoms with Crippen LogP contribution in [-0.4, -0.2) is 37.0 Å². The van der Waals surface area contributed by atoms with Crippen LogP contribution in [0.25, 0.3) is 0 Å². The summed E-state index contributed by atoms with van der Waals surface area (Å²) in [5, 5.41) is 5.50. The van der Waals surface area contributed by atoms with Crippen molar-refractivity contribution in [2.45, 2.75) is 44.7 Å². The molecule has 2 fully saturated rings. The van der Waals surface area contributed by atoms with Crippen molar-refractivity contribution in [1.82, 2.24) is 10.2 Å². The molecule has 2 aliphatic rings. The Morgan fingerprint density at radius 2 is 2.00 bits per heavy atom. The molecule has 0 spiro atoms. The number of nitrogens with zero attached hydrogens (tertiary/aromatic N) is 1. The zero-order chi connectivity index (χ0) is 20.5. The van der Waals surface area contributed by atoms with E-state index in [1.54, 1.807) is 30.1 Å². The third-order valence-electron chi connectivity index (χ3n) is 5.66. The molecule has 2 N–H and O–H groups in total. The molecule has 0 radical (unpaired) electrons. The quantitative estimate of drug-likeness (QED) is 0.741. The van der Waals surface area contributed by atoms with Gasteiger partial charge in [0.1, 0.15) is 17.3 Å². The lowest BCUT2D eigenvalue weighted by Crippen LogP contribution is -2.36. The van der Waals surface area contributed by atoms with Crippen molar-refractivity contribution in [3.63, 3.8) is 0 Å². The molecule has 7 nitrogen and oxygen atoms in total. The SMILES string of the molecule is CNC(=O)c1ccc(OC)c(NC(=O)N(Cc2ccc(C3CC3C)o2)C2CC2)c1. The summed E-state index contributed by atoms with van der Waals surface area (Å²) in [4.78, 5) is 26.8. The average molecular weight is 397 g/mol. The number of rotatable bonds is 7. The van der Waals surface area contributed by atoms with Gasteiger partial charge in [0.05, 0.1) is 19.3 Å². The molecule has 0 bridgehead atoms. The molecule has 1 aromatic heterocycles. The summed E-state index contributed by atoms with van der Waals surface area (Å²) in [5.41, 5.74) is 0.923. The molecule has 7 heteroatoms. The lowest BCUT2D eigenvalue weighted by Gasteiger charge is -2.22. The Labute approximate surface area is 170 Å². The van der Waals surface area contributed by atoms with E-state index in [4.69, 9.17) is 9.15 Å². The maximum absolute atomic E-state index is 13.0. The molecule has 154 valence electrons. The van der Waals surface area contributed by atoms with Crippen LogP contribution in [0.5, 0.6) is 5.75 Å². The number of furan rings is 1. The fraction of sp³-hybridized carbons (Fsp3) is 0.455. The highest BCUT2D eigenvalue weighted by molar-refractivity contribution is 5.98. The zero-order valence-corrected chi connectivity index (χ0v) is 17.0. The van der Waals surface area contributed by atoms with E-state index in [-0.39, 0.29) is 18.0 Å². The zero-order valence-electron chi connectivity index (χ0n) is 17.0. The van der Waals surface area contributed by atoms with Gasteiger partial charge in [-0.2, -0.15) is 0 Å². The second-order valence-electron chi connectivity index (χ2n) is 7.91. The number of benzene rings is 1. The standard InChI is InChI=1S/C22H27N3O4/c1-13-10-17(13)19-9-7-16(29-19)12-25(15-5-6-15)22(27)24-18-11-14(21(26)23-2)4-8-20(18)28-3/h4,7-9,11,13,15,17H,5-6,10,12H2,1-3H3,(H,23,26)(H,24,27). The van der Waals surface area contributed by atoms with Gasteiger partial charge < -0.3 is 24.7 Å². The van der Waals surface area contributed by atoms with Gasteiger partial charge in [0.2, 0.25) is 0 Å². The second kappa shape index (κ2) is 7.81. The molecule has 2 aliphatic carbocycles. The number of methoxy groups -OCH3 is 1. The van der Waals surface area contributed by atoms with Crippen molar-refractivity contribution in [2.24, 2.45) is 5.92 Å². The summed E-state index contributed by atoms with van der Waals surface area (Å²) in [5.74, 6) is 3.29. The molecular weight excluding hydrogens is 370 g/mol. The van der Waals surface area contributed by atoms with Gasteiger partial charge in [-0.1, -0.05) is 6.92 Å². The number of urea groups is 1. The third kappa shape index (κ3) is 4.23. The Bertz CT molecular complexity index is 919. The molecule has 3 amide bonds. The number of hydrogen-bond acceptors (Lipinski definition) is 4. The van der Waals surface area contributed by atoms with Crippen LogP contribution in [0.4, 0.5) is 10.5 Å². The Morgan fingerprint density at radius 1 is 1.24 bits per heavy atom. The van der Waals surface area contributed by atoms with Crippen LogP contribution in [0.1, 0.15) is 54.0 Å². The third-order valence-corrected chi connectivity index (χ3v) is 5.66. The summed E-state index contributed by atoms with van der Waals surface area (Å²) in [6, 6.07) is 8.94. The number of anilines is 1. The first kappa shape index (κ1) is 19.4. The lowest BCUT2D eigenvalue weighted by atomic mass is 10.1. The fourth-order valence-electron chi connectivity index (χ4n) is 3.60. The van der Waals surface area contributed by atoms with Gasteiger partial charge in [0.25, 0.3) is 5.91 Å². The van der Waals surface area contributed by atoms with E-state index in [0.717, 1.165) is 24.4 Å². The van der Waals surface area contributed by atoms with Crippen molar-refractivity contribution >= 4 is 17.6 Å². The normalized spacial score (nSPS) is 20.1. The molecule has 0 saturated heterocycles. The summed E-state index contributed by atoms with van der Waals surface area (Å²) in [6.45, 7) is 2.65. The van der Waals surface area contributed by atoms with Crippen LogP contribution in [0.15, 0.2) is 34.7 Å². The molecule has 2 atom stereocenters. The maximum atomic E-state index is 13.0. The largest absolute Gasteiger partial charge is 0.495 e. The van der Waals surface area contributed by atoms with Gasteiger partial charge >= 0.3 is 6.03 Å². The highest BCUT2D eigenvalue weighted by Gasteiger charge is 2.37. The van der Waals surface area contributed by atoms with E-state index in [0.29, 0.717) is 35.4 Å². The van der Waals surface area contributed by atoms with Gasteiger partial charge in [-0.3, -0.25) is 4.79 Å². The molecule has 4 rings (SSSR count). The molecule has 0 aliphatic heterocycles. The molecule has 1 aromatic carbocycles. The molecule has 29 heavy (non-hydrogen) atoms. The monoisotopic (exact) mass is 397 g/mol. The molecule has 2 aromatic rings. The first-order valence-corrected chi connectivity index (χ1v) is 10.1. The van der Waals surface area contributed by atoms with E-state index >= 15 is 0 Å². The lowest BCUT2D eigenvalue weighted by molar-refractivity contribution is 0.0963. The van der Waals surface area contributed by atoms with Crippen LogP contribution >= 0.6 is 0 Å². The second-order valence-corrected chi connectivity index (χ2v) is 7.91. The number of ether oxygens (including phenoxy) is 1. The fourth-order valence-corrected chi connectivity index (χ4v) is 3.60. The predicted molar refractivity (Wildman–Crippen MR) is 109 cm³/mol. The first-order chi connectivity index (χ1) is 14.0. The Balaban J connectivity index is 1.49. The van der Waals surface area contributed by atoms with Crippen LogP contribution in [0.2, 0.25) is 0 Å². The summed E-state index contributed by atoms with van der Waals surface area (Å²) >= 11 is 0. The van der Waals surface area contributed by atoms with Gasteiger partial charge in [-0.05, 0) is 55.5 Å². The van der Waals surface area contributed by atoms with Gasteiger partial charge in [-0.15, -0.1) is 0 Å². The summed E-state index contributed by atoms with van der Waals surface area (Å²) in [7, 11) is 3.10. The molecule has 1 heterocycles. The Hall–Kier alpha value is -2.96. The van der Waals surface area contributed by atoms with Gasteiger partial charge in [0.15, 0.2) is 0 Å². The number of carbonyl (C=O) groups excluding carboxylic acids is 2. The summed E-state index contributed by atoms with van der Waals surface area (Å²) < 4.78 is 11.3. The Morgan fingerprint density at radius 3 is 2.62 bits per heavy atom. The van der Waals surface area contributed by atoms with E-state index in [2.05, 4.69) is 17.6 Å². The smallest absolute Gasteiger partial charge is 0.322 e. The van der Waals surface area contributed by atoms with Gasteiger partial charge in [0, 0.05) is 24.6 Å². The minimum absolute atomic E-state index is 0.205. The number of carbonyl (C=O) groups is 2. The van der Waals surface area contributed by atoms with Crippen molar-refractivity contribution in [3.05, 3.63) is 47.4 Å². The van der Waals surface area contributed by atoms with Crippen LogP contribution in [-0.2, 0) is 6.54 Å². The van der Waals surface area contributed by atoms with E-state index in [1.807, 2.05) is 12.1 Å². The van der Waals surface area contributed by atoms with Gasteiger partial charge in [-0.25, -0.2) is 4.79 Å². The maximum Gasteiger partial charge on any atom is 0.322 e. The molecular formula is C22H27N3O4. The van der Waals surface area contributed by atoms with Crippen LogP contribution in [0, 0.1) is 5.92 Å². The predicted octanol–water partition coefficient (Wildman–Crippen LogP) is 3.97. The van der Waals surface area contributed by atoms with Crippen molar-refractivity contribution in [3.8, 4) is 5.75 Å².